The highest BCUT2D eigenvalue weighted by atomic mass is 16.4. The van der Waals surface area contributed by atoms with E-state index >= 15 is 0 Å². The molecule has 5 nitrogen and oxygen atoms in total. The zero-order valence-electron chi connectivity index (χ0n) is 9.18. The Balaban J connectivity index is 2.25. The second-order valence-corrected chi connectivity index (χ2v) is 4.56. The molecule has 2 rings (SSSR count). The molecule has 0 aromatic heterocycles. The van der Waals surface area contributed by atoms with Crippen molar-refractivity contribution in [1.82, 2.24) is 4.90 Å². The van der Waals surface area contributed by atoms with E-state index in [0.717, 1.165) is 30.6 Å². The van der Waals surface area contributed by atoms with Gasteiger partial charge in [-0.25, -0.2) is 4.79 Å². The van der Waals surface area contributed by atoms with E-state index in [9.17, 15) is 14.4 Å². The van der Waals surface area contributed by atoms with E-state index in [0.29, 0.717) is 0 Å². The first-order chi connectivity index (χ1) is 7.54. The summed E-state index contributed by atoms with van der Waals surface area (Å²) < 4.78 is 0. The minimum absolute atomic E-state index is 0.261. The van der Waals surface area contributed by atoms with Gasteiger partial charge >= 0.3 is 5.97 Å². The van der Waals surface area contributed by atoms with E-state index in [-0.39, 0.29) is 23.7 Å². The third-order valence-electron chi connectivity index (χ3n) is 3.62. The molecule has 0 aromatic rings. The fourth-order valence-electron chi connectivity index (χ4n) is 2.68. The number of carbonyl (C=O) groups is 3. The Bertz CT molecular complexity index is 328. The van der Waals surface area contributed by atoms with Gasteiger partial charge in [-0.3, -0.25) is 14.5 Å². The normalized spacial score (nSPS) is 31.4. The van der Waals surface area contributed by atoms with Crippen LogP contribution in [-0.2, 0) is 14.4 Å². The Hall–Kier alpha value is -1.39. The SMILES string of the molecule is C[C@@H](C(=O)O)N1C(=O)[C@H]2CCCC[C@@H]2C1=O. The number of carboxylic acid groups (broad SMARTS) is 1. The van der Waals surface area contributed by atoms with Gasteiger partial charge in [-0.2, -0.15) is 0 Å². The van der Waals surface area contributed by atoms with Crippen molar-refractivity contribution in [2.24, 2.45) is 11.8 Å². The van der Waals surface area contributed by atoms with Gasteiger partial charge < -0.3 is 5.11 Å². The van der Waals surface area contributed by atoms with Gasteiger partial charge in [0, 0.05) is 0 Å². The van der Waals surface area contributed by atoms with Crippen LogP contribution in [0.1, 0.15) is 32.6 Å². The van der Waals surface area contributed by atoms with Crippen LogP contribution in [0.5, 0.6) is 0 Å². The fraction of sp³-hybridized carbons (Fsp3) is 0.727. The van der Waals surface area contributed by atoms with Crippen LogP contribution < -0.4 is 0 Å². The number of hydrogen-bond acceptors (Lipinski definition) is 3. The summed E-state index contributed by atoms with van der Waals surface area (Å²) in [6, 6.07) is -1.04. The van der Waals surface area contributed by atoms with Gasteiger partial charge in [0.25, 0.3) is 0 Å². The molecule has 0 bridgehead atoms. The maximum absolute atomic E-state index is 11.9. The Morgan fingerprint density at radius 1 is 1.25 bits per heavy atom. The molecule has 2 amide bonds. The minimum atomic E-state index is -1.12. The van der Waals surface area contributed by atoms with E-state index in [2.05, 4.69) is 0 Å². The minimum Gasteiger partial charge on any atom is -0.480 e. The largest absolute Gasteiger partial charge is 0.480 e. The number of carboxylic acids is 1. The number of fused-ring (bicyclic) bond motifs is 1. The van der Waals surface area contributed by atoms with Gasteiger partial charge in [0.1, 0.15) is 6.04 Å². The van der Waals surface area contributed by atoms with E-state index in [1.165, 1.54) is 6.92 Å². The third-order valence-corrected chi connectivity index (χ3v) is 3.62. The van der Waals surface area contributed by atoms with Crippen molar-refractivity contribution in [2.45, 2.75) is 38.6 Å². The predicted octanol–water partition coefficient (Wildman–Crippen LogP) is 0.635. The third kappa shape index (κ3) is 1.50. The van der Waals surface area contributed by atoms with Crippen molar-refractivity contribution in [2.75, 3.05) is 0 Å². The van der Waals surface area contributed by atoms with Gasteiger partial charge in [-0.05, 0) is 19.8 Å². The van der Waals surface area contributed by atoms with Crippen LogP contribution in [0.3, 0.4) is 0 Å². The molecule has 1 N–H and O–H groups in total. The van der Waals surface area contributed by atoms with E-state index in [4.69, 9.17) is 5.11 Å². The molecule has 88 valence electrons. The summed E-state index contributed by atoms with van der Waals surface area (Å²) in [6.07, 6.45) is 3.35. The summed E-state index contributed by atoms with van der Waals surface area (Å²) in [6.45, 7) is 1.38. The standard InChI is InChI=1S/C11H15NO4/c1-6(11(15)16)12-9(13)7-4-2-3-5-8(7)10(12)14/h6-8H,2-5H2,1H3,(H,15,16)/t6-,7-,8-/m0/s1. The summed E-state index contributed by atoms with van der Waals surface area (Å²) in [7, 11) is 0. The van der Waals surface area contributed by atoms with Crippen LogP contribution in [0.2, 0.25) is 0 Å². The molecule has 5 heteroatoms. The summed E-state index contributed by atoms with van der Waals surface area (Å²) in [4.78, 5) is 35.7. The topological polar surface area (TPSA) is 74.7 Å². The predicted molar refractivity (Wildman–Crippen MR) is 54.4 cm³/mol. The summed E-state index contributed by atoms with van der Waals surface area (Å²) in [5.41, 5.74) is 0. The lowest BCUT2D eigenvalue weighted by atomic mass is 9.81. The molecule has 1 saturated heterocycles. The second-order valence-electron chi connectivity index (χ2n) is 4.56. The Morgan fingerprint density at radius 3 is 2.06 bits per heavy atom. The van der Waals surface area contributed by atoms with Crippen molar-refractivity contribution in [1.29, 1.82) is 0 Å². The Morgan fingerprint density at radius 2 is 1.69 bits per heavy atom. The lowest BCUT2D eigenvalue weighted by molar-refractivity contribution is -0.154. The fourth-order valence-corrected chi connectivity index (χ4v) is 2.68. The molecule has 0 spiro atoms. The Kier molecular flexibility index (Phi) is 2.69. The van der Waals surface area contributed by atoms with E-state index in [1.807, 2.05) is 0 Å². The molecule has 1 heterocycles. The lowest BCUT2D eigenvalue weighted by Gasteiger charge is -2.19. The second kappa shape index (κ2) is 3.88. The first-order valence-corrected chi connectivity index (χ1v) is 5.63. The number of nitrogens with zero attached hydrogens (tertiary/aromatic N) is 1. The Labute approximate surface area is 93.4 Å². The molecule has 2 aliphatic rings. The number of amides is 2. The summed E-state index contributed by atoms with van der Waals surface area (Å²) >= 11 is 0. The van der Waals surface area contributed by atoms with Crippen molar-refractivity contribution >= 4 is 17.8 Å². The molecule has 1 aliphatic carbocycles. The van der Waals surface area contributed by atoms with Crippen LogP contribution in [0.15, 0.2) is 0 Å². The first kappa shape index (κ1) is 11.1. The van der Waals surface area contributed by atoms with Crippen molar-refractivity contribution in [3.63, 3.8) is 0 Å². The first-order valence-electron chi connectivity index (χ1n) is 5.63. The van der Waals surface area contributed by atoms with Crippen LogP contribution >= 0.6 is 0 Å². The molecule has 1 aliphatic heterocycles. The van der Waals surface area contributed by atoms with Gasteiger partial charge in [0.2, 0.25) is 11.8 Å². The smallest absolute Gasteiger partial charge is 0.326 e. The van der Waals surface area contributed by atoms with E-state index in [1.54, 1.807) is 0 Å². The summed E-state index contributed by atoms with van der Waals surface area (Å²) in [5.74, 6) is -2.22. The van der Waals surface area contributed by atoms with Crippen LogP contribution in [-0.4, -0.2) is 33.8 Å². The number of likely N-dealkylation sites (tertiary alicyclic amines) is 1. The van der Waals surface area contributed by atoms with Crippen molar-refractivity contribution in [3.05, 3.63) is 0 Å². The van der Waals surface area contributed by atoms with Gasteiger partial charge in [-0.1, -0.05) is 12.8 Å². The number of hydrogen-bond donors (Lipinski definition) is 1. The molecule has 0 aromatic carbocycles. The maximum atomic E-state index is 11.9. The van der Waals surface area contributed by atoms with E-state index < -0.39 is 12.0 Å². The van der Waals surface area contributed by atoms with Crippen LogP contribution in [0, 0.1) is 11.8 Å². The summed E-state index contributed by atoms with van der Waals surface area (Å²) in [5, 5.41) is 8.87. The maximum Gasteiger partial charge on any atom is 0.326 e. The van der Waals surface area contributed by atoms with Crippen molar-refractivity contribution < 1.29 is 19.5 Å². The number of carbonyl (C=O) groups excluding carboxylic acids is 2. The van der Waals surface area contributed by atoms with Crippen LogP contribution in [0.4, 0.5) is 0 Å². The molecule has 3 atom stereocenters. The quantitative estimate of drug-likeness (QED) is 0.699. The van der Waals surface area contributed by atoms with Gasteiger partial charge in [-0.15, -0.1) is 0 Å². The van der Waals surface area contributed by atoms with Crippen LogP contribution in [0.25, 0.3) is 0 Å². The van der Waals surface area contributed by atoms with Gasteiger partial charge in [0.15, 0.2) is 0 Å². The molecule has 1 saturated carbocycles. The average Bonchev–Trinajstić information content (AvgIpc) is 2.52. The van der Waals surface area contributed by atoms with Crippen molar-refractivity contribution in [3.8, 4) is 0 Å². The molecule has 2 fully saturated rings. The molecular weight excluding hydrogens is 210 g/mol. The highest BCUT2D eigenvalue weighted by Crippen LogP contribution is 2.38. The lowest BCUT2D eigenvalue weighted by Crippen LogP contribution is -2.43. The number of rotatable bonds is 2. The molecular formula is C11H15NO4. The number of imide groups is 1. The highest BCUT2D eigenvalue weighted by molar-refractivity contribution is 6.07. The molecule has 0 unspecified atom stereocenters. The zero-order chi connectivity index (χ0) is 11.9. The monoisotopic (exact) mass is 225 g/mol. The highest BCUT2D eigenvalue weighted by Gasteiger charge is 2.50. The van der Waals surface area contributed by atoms with Gasteiger partial charge in [0.05, 0.1) is 11.8 Å². The zero-order valence-corrected chi connectivity index (χ0v) is 9.18. The number of aliphatic carboxylic acids is 1. The molecule has 0 radical (unpaired) electrons. The average molecular weight is 225 g/mol. The molecule has 16 heavy (non-hydrogen) atoms.